The second-order valence-electron chi connectivity index (χ2n) is 6.74. The molecule has 4 aliphatic heterocycles. The van der Waals surface area contributed by atoms with E-state index in [0.717, 1.165) is 12.8 Å². The van der Waals surface area contributed by atoms with Crippen LogP contribution in [0.4, 0.5) is 0 Å². The molecule has 4 fully saturated rings. The van der Waals surface area contributed by atoms with Crippen molar-refractivity contribution in [2.24, 2.45) is 0 Å². The fraction of sp³-hybridized carbons (Fsp3) is 1.00. The van der Waals surface area contributed by atoms with Crippen molar-refractivity contribution < 1.29 is 14.2 Å². The van der Waals surface area contributed by atoms with E-state index < -0.39 is 11.6 Å². The van der Waals surface area contributed by atoms with Gasteiger partial charge in [0.05, 0.1) is 10.7 Å². The summed E-state index contributed by atoms with van der Waals surface area (Å²) in [7, 11) is -0.317. The summed E-state index contributed by atoms with van der Waals surface area (Å²) < 4.78 is 18.7. The van der Waals surface area contributed by atoms with E-state index in [2.05, 4.69) is 41.5 Å². The van der Waals surface area contributed by atoms with Gasteiger partial charge in [0.2, 0.25) is 0 Å². The zero-order valence-corrected chi connectivity index (χ0v) is 12.6. The molecule has 17 heavy (non-hydrogen) atoms. The molecule has 0 unspecified atom stereocenters. The lowest BCUT2D eigenvalue weighted by Gasteiger charge is -2.70. The Bertz CT molecular complexity index is 324. The van der Waals surface area contributed by atoms with Crippen LogP contribution in [0.5, 0.6) is 0 Å². The quantitative estimate of drug-likeness (QED) is 0.672. The van der Waals surface area contributed by atoms with Gasteiger partial charge in [-0.15, -0.1) is 0 Å². The van der Waals surface area contributed by atoms with E-state index in [1.165, 1.54) is 0 Å². The van der Waals surface area contributed by atoms with Gasteiger partial charge in [-0.1, -0.05) is 13.8 Å². The molecule has 4 saturated heterocycles. The van der Waals surface area contributed by atoms with Gasteiger partial charge >= 0.3 is 0 Å². The first-order valence-electron chi connectivity index (χ1n) is 6.50. The Labute approximate surface area is 105 Å². The highest BCUT2D eigenvalue weighted by molar-refractivity contribution is 7.61. The van der Waals surface area contributed by atoms with E-state index in [9.17, 15) is 0 Å². The van der Waals surface area contributed by atoms with Crippen molar-refractivity contribution in [3.63, 3.8) is 0 Å². The molecule has 4 aliphatic rings. The molecule has 0 aromatic heterocycles. The van der Waals surface area contributed by atoms with Crippen LogP contribution in [0, 0.1) is 0 Å². The highest BCUT2D eigenvalue weighted by Gasteiger charge is 2.71. The zero-order chi connectivity index (χ0) is 12.7. The van der Waals surface area contributed by atoms with E-state index in [0.29, 0.717) is 5.66 Å². The molecule has 0 amide bonds. The monoisotopic (exact) mass is 258 g/mol. The Morgan fingerprint density at radius 1 is 0.824 bits per heavy atom. The third kappa shape index (κ3) is 1.56. The first-order valence-corrected chi connectivity index (χ1v) is 7.91. The van der Waals surface area contributed by atoms with Crippen LogP contribution < -0.4 is 0 Å². The van der Waals surface area contributed by atoms with Gasteiger partial charge in [0.25, 0.3) is 0 Å². The molecule has 4 heteroatoms. The molecule has 0 saturated carbocycles. The van der Waals surface area contributed by atoms with E-state index in [4.69, 9.17) is 14.2 Å². The first kappa shape index (κ1) is 12.3. The molecule has 0 radical (unpaired) electrons. The van der Waals surface area contributed by atoms with Crippen molar-refractivity contribution in [2.75, 3.05) is 0 Å². The van der Waals surface area contributed by atoms with Gasteiger partial charge in [-0.2, -0.15) is 0 Å². The molecule has 4 bridgehead atoms. The van der Waals surface area contributed by atoms with E-state index in [-0.39, 0.29) is 18.6 Å². The first-order chi connectivity index (χ1) is 7.60. The van der Waals surface area contributed by atoms with Crippen molar-refractivity contribution >= 4 is 7.92 Å². The average molecular weight is 258 g/mol. The Kier molecular flexibility index (Phi) is 2.23. The van der Waals surface area contributed by atoms with Gasteiger partial charge in [0.1, 0.15) is 0 Å². The summed E-state index contributed by atoms with van der Waals surface area (Å²) in [6.45, 7) is 13.2. The van der Waals surface area contributed by atoms with Gasteiger partial charge in [0.15, 0.2) is 11.6 Å². The summed E-state index contributed by atoms with van der Waals surface area (Å²) in [5.74, 6) is -0.912. The van der Waals surface area contributed by atoms with E-state index in [1.54, 1.807) is 0 Å². The third-order valence-corrected chi connectivity index (χ3v) is 7.71. The smallest absolute Gasteiger partial charge is 0.173 e. The van der Waals surface area contributed by atoms with E-state index in [1.807, 2.05) is 0 Å². The van der Waals surface area contributed by atoms with Crippen LogP contribution in [-0.2, 0) is 14.2 Å². The second kappa shape index (κ2) is 3.07. The van der Waals surface area contributed by atoms with Gasteiger partial charge in [0, 0.05) is 12.8 Å². The normalized spacial score (nSPS) is 61.2. The summed E-state index contributed by atoms with van der Waals surface area (Å²) in [5.41, 5.74) is 0.618. The largest absolute Gasteiger partial charge is 0.339 e. The van der Waals surface area contributed by atoms with Crippen molar-refractivity contribution in [3.8, 4) is 0 Å². The third-order valence-electron chi connectivity index (χ3n) is 4.14. The molecule has 4 rings (SSSR count). The summed E-state index contributed by atoms with van der Waals surface area (Å²) in [6.07, 6.45) is 1.71. The molecule has 98 valence electrons. The lowest BCUT2D eigenvalue weighted by atomic mass is 9.98. The van der Waals surface area contributed by atoms with Crippen molar-refractivity contribution in [1.82, 2.24) is 0 Å². The minimum atomic E-state index is -0.456. The molecule has 3 nitrogen and oxygen atoms in total. The number of rotatable bonds is 1. The number of hydrogen-bond acceptors (Lipinski definition) is 3. The van der Waals surface area contributed by atoms with Crippen LogP contribution in [-0.4, -0.2) is 27.9 Å². The van der Waals surface area contributed by atoms with Crippen LogP contribution >= 0.6 is 7.92 Å². The second-order valence-corrected chi connectivity index (χ2v) is 10.4. The van der Waals surface area contributed by atoms with Crippen LogP contribution in [0.2, 0.25) is 0 Å². The molecule has 0 aromatic carbocycles. The van der Waals surface area contributed by atoms with Gasteiger partial charge in [-0.25, -0.2) is 0 Å². The maximum atomic E-state index is 6.33. The molecule has 0 N–H and O–H groups in total. The standard InChI is InChI=1S/C13H23O3P/c1-9(2)17-12(5)7-10(3)14-11(4,16-12)8-13(17,6)15-10/h9H,7-8H2,1-6H3/t10-,11-,12+,13+/m1/s1. The maximum Gasteiger partial charge on any atom is 0.173 e. The minimum absolute atomic E-state index is 0.0590. The van der Waals surface area contributed by atoms with Crippen molar-refractivity contribution in [2.45, 2.75) is 82.3 Å². The Hall–Kier alpha value is 0.310. The molecule has 0 aromatic rings. The zero-order valence-electron chi connectivity index (χ0n) is 11.7. The lowest BCUT2D eigenvalue weighted by Crippen LogP contribution is -2.72. The Morgan fingerprint density at radius 2 is 1.24 bits per heavy atom. The predicted octanol–water partition coefficient (Wildman–Crippen LogP) is 3.61. The Balaban J connectivity index is 2.10. The van der Waals surface area contributed by atoms with Gasteiger partial charge < -0.3 is 14.2 Å². The molecular formula is C13H23O3P. The molecule has 0 aliphatic carbocycles. The van der Waals surface area contributed by atoms with Gasteiger partial charge in [-0.3, -0.25) is 0 Å². The Morgan fingerprint density at radius 3 is 1.59 bits per heavy atom. The molecule has 4 heterocycles. The van der Waals surface area contributed by atoms with E-state index >= 15 is 0 Å². The summed E-state index contributed by atoms with van der Waals surface area (Å²) in [4.78, 5) is 0. The summed E-state index contributed by atoms with van der Waals surface area (Å²) in [5, 5.41) is -0.118. The maximum absolute atomic E-state index is 6.33. The SMILES string of the molecule is CC(C)P1[C@@]2(C)C[C@]3(C)O[C@@](C)(C[C@@]1(C)O3)O2. The van der Waals surface area contributed by atoms with Crippen LogP contribution in [0.15, 0.2) is 0 Å². The average Bonchev–Trinajstić information content (AvgIpc) is 1.88. The summed E-state index contributed by atoms with van der Waals surface area (Å²) in [6, 6.07) is 0. The minimum Gasteiger partial charge on any atom is -0.339 e. The fourth-order valence-electron chi connectivity index (χ4n) is 4.70. The number of hydrogen-bond donors (Lipinski definition) is 0. The summed E-state index contributed by atoms with van der Waals surface area (Å²) >= 11 is 0. The highest BCUT2D eigenvalue weighted by atomic mass is 31.1. The van der Waals surface area contributed by atoms with Crippen LogP contribution in [0.1, 0.15) is 54.4 Å². The number of ether oxygens (including phenoxy) is 3. The van der Waals surface area contributed by atoms with Crippen molar-refractivity contribution in [3.05, 3.63) is 0 Å². The van der Waals surface area contributed by atoms with Crippen LogP contribution in [0.3, 0.4) is 0 Å². The lowest BCUT2D eigenvalue weighted by molar-refractivity contribution is -0.468. The molecule has 0 spiro atoms. The molecule has 4 atom stereocenters. The molecular weight excluding hydrogens is 235 g/mol. The van der Waals surface area contributed by atoms with Crippen LogP contribution in [0.25, 0.3) is 0 Å². The topological polar surface area (TPSA) is 27.7 Å². The predicted molar refractivity (Wildman–Crippen MR) is 68.2 cm³/mol. The van der Waals surface area contributed by atoms with Gasteiger partial charge in [-0.05, 0) is 41.3 Å². The fourth-order valence-corrected chi connectivity index (χ4v) is 9.38. The highest BCUT2D eigenvalue weighted by Crippen LogP contribution is 2.77. The van der Waals surface area contributed by atoms with Crippen molar-refractivity contribution in [1.29, 1.82) is 0 Å².